The molecule has 0 amide bonds. The molecular weight excluding hydrogens is 658 g/mol. The van der Waals surface area contributed by atoms with Crippen molar-refractivity contribution in [3.63, 3.8) is 0 Å². The predicted octanol–water partition coefficient (Wildman–Crippen LogP) is 12.1. The molecule has 3 aliphatic rings. The van der Waals surface area contributed by atoms with Gasteiger partial charge in [0.05, 0.1) is 22.7 Å². The molecule has 0 saturated heterocycles. The molecule has 0 N–H and O–H groups in total. The first-order chi connectivity index (χ1) is 25.2. The second-order valence-electron chi connectivity index (χ2n) is 13.7. The maximum Gasteiger partial charge on any atom is 0.180 e. The Morgan fingerprint density at radius 3 is 1.18 bits per heavy atom. The van der Waals surface area contributed by atoms with E-state index in [-0.39, 0.29) is 0 Å². The summed E-state index contributed by atoms with van der Waals surface area (Å²) in [6.45, 7) is -2.56. The molecule has 0 bridgehead atoms. The molecule has 0 unspecified atom stereocenters. The normalized spacial score (nSPS) is 14.8. The maximum atomic E-state index is 6.19. The van der Waals surface area contributed by atoms with Crippen molar-refractivity contribution in [1.29, 1.82) is 0 Å². The summed E-state index contributed by atoms with van der Waals surface area (Å²) >= 11 is 6.19. The van der Waals surface area contributed by atoms with Crippen LogP contribution in [0.1, 0.15) is 0 Å². The van der Waals surface area contributed by atoms with Crippen molar-refractivity contribution in [1.82, 2.24) is 0 Å². The monoisotopic (exact) mass is 686 g/mol. The molecule has 0 radical (unpaired) electrons. The summed E-state index contributed by atoms with van der Waals surface area (Å²) in [7, 11) is 0. The average molecular weight is 687 g/mol. The Bertz CT molecular complexity index is 2730. The van der Waals surface area contributed by atoms with Gasteiger partial charge in [0, 0.05) is 45.5 Å². The number of benzene rings is 9. The summed E-state index contributed by atoms with van der Waals surface area (Å²) in [5.74, 6) is 0. The number of anilines is 9. The Balaban J connectivity index is 1.36. The first-order valence-electron chi connectivity index (χ1n) is 17.4. The number of rotatable bonds is 3. The Morgan fingerprint density at radius 2 is 0.725 bits per heavy atom. The van der Waals surface area contributed by atoms with Gasteiger partial charge in [-0.25, -0.2) is 0 Å². The molecule has 0 aliphatic carbocycles. The van der Waals surface area contributed by atoms with Gasteiger partial charge < -0.3 is 14.7 Å². The van der Waals surface area contributed by atoms with Gasteiger partial charge in [0.1, 0.15) is 11.4 Å². The first kappa shape index (κ1) is 28.0. The van der Waals surface area contributed by atoms with Crippen LogP contribution in [0.4, 0.5) is 51.2 Å². The minimum absolute atomic E-state index is 1.14. The van der Waals surface area contributed by atoms with E-state index < -0.39 is 6.46 Å². The van der Waals surface area contributed by atoms with Crippen LogP contribution in [0.5, 0.6) is 0 Å². The van der Waals surface area contributed by atoms with Gasteiger partial charge in [-0.2, -0.15) is 0 Å². The molecule has 12 rings (SSSR count). The molecule has 0 aromatic heterocycles. The van der Waals surface area contributed by atoms with Crippen LogP contribution in [0.2, 0.25) is 0 Å². The SMILES string of the molecule is S[P+]12c3c4cccc3N(c3ccccc3)c3c1c(c1ccc5cccc6ccc3c1c65)N(c1ccccc1)c1cccc(c12)N4c1ccccc1. The summed E-state index contributed by atoms with van der Waals surface area (Å²) in [6.07, 6.45) is 0. The fourth-order valence-corrected chi connectivity index (χ4v) is 14.8. The van der Waals surface area contributed by atoms with E-state index in [2.05, 4.69) is 185 Å². The number of para-hydroxylation sites is 3. The minimum Gasteiger partial charge on any atom is -0.303 e. The summed E-state index contributed by atoms with van der Waals surface area (Å²) in [6, 6.07) is 62.5. The third-order valence-corrected chi connectivity index (χ3v) is 16.2. The molecule has 9 aromatic carbocycles. The zero-order chi connectivity index (χ0) is 33.4. The summed E-state index contributed by atoms with van der Waals surface area (Å²) in [5, 5.41) is 11.6. The van der Waals surface area contributed by atoms with Crippen molar-refractivity contribution >= 4 is 118 Å². The lowest BCUT2D eigenvalue weighted by Gasteiger charge is -2.49. The summed E-state index contributed by atoms with van der Waals surface area (Å²) < 4.78 is 0. The maximum absolute atomic E-state index is 6.19. The van der Waals surface area contributed by atoms with E-state index in [1.54, 1.807) is 0 Å². The third-order valence-electron chi connectivity index (χ3n) is 11.1. The van der Waals surface area contributed by atoms with Crippen LogP contribution >= 0.6 is 18.7 Å². The van der Waals surface area contributed by atoms with Gasteiger partial charge >= 0.3 is 0 Å². The lowest BCUT2D eigenvalue weighted by Crippen LogP contribution is -2.49. The van der Waals surface area contributed by atoms with Gasteiger partial charge in [0.25, 0.3) is 0 Å². The van der Waals surface area contributed by atoms with Crippen molar-refractivity contribution in [2.75, 3.05) is 14.7 Å². The van der Waals surface area contributed by atoms with E-state index in [4.69, 9.17) is 12.2 Å². The molecule has 51 heavy (non-hydrogen) atoms. The average Bonchev–Trinajstić information content (AvgIpc) is 3.19. The molecule has 3 aliphatic heterocycles. The number of hydrogen-bond donors (Lipinski definition) is 1. The van der Waals surface area contributed by atoms with Crippen LogP contribution in [0.3, 0.4) is 0 Å². The van der Waals surface area contributed by atoms with E-state index in [9.17, 15) is 0 Å². The standard InChI is InChI=1S/C46H29N3PS/c51-50-44-36-21-11-23-38(44)48(32-17-6-2-7-18-32)42-34-27-25-29-13-10-14-30-26-28-35(41(34)40(29)30)43(46(42)50)49(33-19-8-3-9-20-33)39-24-12-22-37(45(39)50)47(36)31-15-4-1-5-16-31/h1-28,51H/q+1. The lowest BCUT2D eigenvalue weighted by atomic mass is 9.91. The van der Waals surface area contributed by atoms with Crippen LogP contribution in [0, 0.1) is 0 Å². The highest BCUT2D eigenvalue weighted by Crippen LogP contribution is 2.77. The van der Waals surface area contributed by atoms with Gasteiger partial charge in [-0.05, 0) is 76.8 Å². The molecule has 238 valence electrons. The zero-order valence-corrected chi connectivity index (χ0v) is 29.2. The predicted molar refractivity (Wildman–Crippen MR) is 223 cm³/mol. The van der Waals surface area contributed by atoms with Crippen LogP contribution < -0.4 is 30.6 Å². The van der Waals surface area contributed by atoms with E-state index in [1.165, 1.54) is 82.4 Å². The highest BCUT2D eigenvalue weighted by atomic mass is 32.7. The fraction of sp³-hybridized carbons (Fsp3) is 0. The minimum atomic E-state index is -2.56. The molecule has 0 atom stereocenters. The molecule has 0 fully saturated rings. The van der Waals surface area contributed by atoms with Crippen molar-refractivity contribution in [3.05, 3.63) is 170 Å². The van der Waals surface area contributed by atoms with Crippen molar-refractivity contribution in [2.45, 2.75) is 0 Å². The first-order valence-corrected chi connectivity index (χ1v) is 20.4. The fourth-order valence-electron chi connectivity index (χ4n) is 9.28. The van der Waals surface area contributed by atoms with E-state index in [0.29, 0.717) is 0 Å². The molecular formula is C46H29N3PS+. The Kier molecular flexibility index (Phi) is 5.44. The van der Waals surface area contributed by atoms with Crippen LogP contribution in [0.15, 0.2) is 170 Å². The van der Waals surface area contributed by atoms with Gasteiger partial charge in [0.2, 0.25) is 0 Å². The number of fused-ring (bicyclic) bond motifs is 2. The quantitative estimate of drug-likeness (QED) is 0.113. The number of nitrogens with zero attached hydrogens (tertiary/aromatic N) is 3. The molecule has 3 heterocycles. The number of hydrogen-bond acceptors (Lipinski definition) is 4. The Morgan fingerprint density at radius 1 is 0.333 bits per heavy atom. The second kappa shape index (κ2) is 9.92. The Hall–Kier alpha value is -5.80. The van der Waals surface area contributed by atoms with Crippen molar-refractivity contribution < 1.29 is 0 Å². The largest absolute Gasteiger partial charge is 0.303 e. The molecule has 9 aromatic rings. The second-order valence-corrected chi connectivity index (χ2v) is 18.1. The van der Waals surface area contributed by atoms with E-state index in [1.807, 2.05) is 0 Å². The highest BCUT2D eigenvalue weighted by molar-refractivity contribution is 8.61. The van der Waals surface area contributed by atoms with Gasteiger partial charge in [-0.1, -0.05) is 109 Å². The number of thiol groups is 1. The van der Waals surface area contributed by atoms with E-state index in [0.717, 1.165) is 17.1 Å². The van der Waals surface area contributed by atoms with Crippen LogP contribution in [-0.4, -0.2) is 0 Å². The Labute approximate surface area is 301 Å². The van der Waals surface area contributed by atoms with Crippen molar-refractivity contribution in [2.24, 2.45) is 0 Å². The van der Waals surface area contributed by atoms with E-state index >= 15 is 0 Å². The molecule has 0 spiro atoms. The van der Waals surface area contributed by atoms with Gasteiger partial charge in [-0.15, -0.1) is 0 Å². The lowest BCUT2D eigenvalue weighted by molar-refractivity contribution is 1.24. The molecule has 0 saturated carbocycles. The zero-order valence-electron chi connectivity index (χ0n) is 27.4. The van der Waals surface area contributed by atoms with Gasteiger partial charge in [0.15, 0.2) is 22.4 Å². The smallest absolute Gasteiger partial charge is 0.180 e. The van der Waals surface area contributed by atoms with Crippen molar-refractivity contribution in [3.8, 4) is 0 Å². The molecule has 3 nitrogen and oxygen atoms in total. The molecule has 5 heteroatoms. The highest BCUT2D eigenvalue weighted by Gasteiger charge is 2.63. The van der Waals surface area contributed by atoms with Crippen LogP contribution in [0.25, 0.3) is 32.3 Å². The van der Waals surface area contributed by atoms with Gasteiger partial charge in [-0.3, -0.25) is 0 Å². The third kappa shape index (κ3) is 3.40. The van der Waals surface area contributed by atoms with Crippen LogP contribution in [-0.2, 0) is 0 Å². The summed E-state index contributed by atoms with van der Waals surface area (Å²) in [5.41, 5.74) is 10.7. The summed E-state index contributed by atoms with van der Waals surface area (Å²) in [4.78, 5) is 7.56. The topological polar surface area (TPSA) is 9.72 Å².